The van der Waals surface area contributed by atoms with Crippen LogP contribution in [0.2, 0.25) is 0 Å². The van der Waals surface area contributed by atoms with Gasteiger partial charge in [0.05, 0.1) is 0 Å². The number of likely N-dealkylation sites (tertiary alicyclic amines) is 4. The Labute approximate surface area is 253 Å². The first-order chi connectivity index (χ1) is 19.7. The summed E-state index contributed by atoms with van der Waals surface area (Å²) in [5.41, 5.74) is 2.80. The van der Waals surface area contributed by atoms with Crippen molar-refractivity contribution in [2.45, 2.75) is 57.8 Å². The van der Waals surface area contributed by atoms with Crippen LogP contribution in [0.1, 0.15) is 57.8 Å². The lowest BCUT2D eigenvalue weighted by Gasteiger charge is -2.51. The van der Waals surface area contributed by atoms with Crippen LogP contribution >= 0.6 is 0 Å². The van der Waals surface area contributed by atoms with E-state index in [1.807, 2.05) is 0 Å². The number of hydrogen-bond acceptors (Lipinski definition) is 8. The highest BCUT2D eigenvalue weighted by molar-refractivity contribution is 4.97. The first-order valence-corrected chi connectivity index (χ1v) is 17.3. The minimum Gasteiger partial charge on any atom is -0.317 e. The van der Waals surface area contributed by atoms with Crippen molar-refractivity contribution in [1.29, 1.82) is 0 Å². The van der Waals surface area contributed by atoms with Gasteiger partial charge in [-0.05, 0) is 160 Å². The fraction of sp³-hybridized carbons (Fsp3) is 1.00. The van der Waals surface area contributed by atoms with Gasteiger partial charge in [0.1, 0.15) is 0 Å². The Bertz CT molecular complexity index is 751. The molecule has 0 amide bonds. The molecule has 8 nitrogen and oxygen atoms in total. The molecule has 4 spiro atoms. The van der Waals surface area contributed by atoms with Gasteiger partial charge in [0.15, 0.2) is 0 Å². The van der Waals surface area contributed by atoms with Crippen LogP contribution in [-0.2, 0) is 0 Å². The molecule has 8 aliphatic rings. The molecule has 0 bridgehead atoms. The molecule has 8 aliphatic heterocycles. The number of piperidine rings is 3. The molecule has 41 heavy (non-hydrogen) atoms. The Morgan fingerprint density at radius 3 is 1.24 bits per heavy atom. The third-order valence-corrected chi connectivity index (χ3v) is 12.1. The van der Waals surface area contributed by atoms with Crippen molar-refractivity contribution in [2.75, 3.05) is 133 Å². The minimum atomic E-state index is 0.660. The van der Waals surface area contributed by atoms with E-state index in [2.05, 4.69) is 69.1 Å². The van der Waals surface area contributed by atoms with Gasteiger partial charge in [-0.25, -0.2) is 0 Å². The van der Waals surface area contributed by atoms with Gasteiger partial charge < -0.3 is 40.9 Å². The summed E-state index contributed by atoms with van der Waals surface area (Å²) in [6, 6.07) is 0. The Hall–Kier alpha value is -0.320. The third kappa shape index (κ3) is 8.65. The van der Waals surface area contributed by atoms with Gasteiger partial charge in [-0.1, -0.05) is 0 Å². The first-order valence-electron chi connectivity index (χ1n) is 17.3. The molecule has 8 saturated heterocycles. The molecule has 0 aromatic rings. The molecular weight excluding hydrogens is 508 g/mol. The molecule has 238 valence electrons. The van der Waals surface area contributed by atoms with E-state index in [1.54, 1.807) is 0 Å². The Kier molecular flexibility index (Phi) is 11.1. The lowest BCUT2D eigenvalue weighted by atomic mass is 9.73. The maximum Gasteiger partial charge on any atom is 0.00484 e. The van der Waals surface area contributed by atoms with Crippen LogP contribution in [0.4, 0.5) is 0 Å². The summed E-state index contributed by atoms with van der Waals surface area (Å²) in [5, 5.41) is 13.7. The molecular formula is C33H66N8. The lowest BCUT2D eigenvalue weighted by Crippen LogP contribution is -2.58. The van der Waals surface area contributed by atoms with E-state index in [9.17, 15) is 0 Å². The first kappa shape index (κ1) is 32.1. The van der Waals surface area contributed by atoms with Crippen LogP contribution in [0.25, 0.3) is 0 Å². The molecule has 4 N–H and O–H groups in total. The summed E-state index contributed by atoms with van der Waals surface area (Å²) < 4.78 is 0. The maximum atomic E-state index is 3.51. The van der Waals surface area contributed by atoms with Crippen LogP contribution in [-0.4, -0.2) is 153 Å². The maximum absolute atomic E-state index is 3.51. The normalized spacial score (nSPS) is 36.6. The van der Waals surface area contributed by atoms with Gasteiger partial charge in [0, 0.05) is 52.4 Å². The highest BCUT2D eigenvalue weighted by Gasteiger charge is 2.42. The van der Waals surface area contributed by atoms with E-state index < -0.39 is 0 Å². The monoisotopic (exact) mass is 575 g/mol. The quantitative estimate of drug-likeness (QED) is 0.348. The van der Waals surface area contributed by atoms with Crippen molar-refractivity contribution in [3.63, 3.8) is 0 Å². The molecule has 2 atom stereocenters. The van der Waals surface area contributed by atoms with Gasteiger partial charge in [0.2, 0.25) is 0 Å². The van der Waals surface area contributed by atoms with Gasteiger partial charge >= 0.3 is 0 Å². The highest BCUT2D eigenvalue weighted by atomic mass is 15.2. The zero-order chi connectivity index (χ0) is 28.8. The Morgan fingerprint density at radius 2 is 0.805 bits per heavy atom. The molecule has 8 heteroatoms. The number of rotatable bonds is 0. The second-order valence-electron chi connectivity index (χ2n) is 16.0. The van der Waals surface area contributed by atoms with Crippen LogP contribution in [0.5, 0.6) is 0 Å². The SMILES string of the molecule is CN1CC2(CCNCC2)C1.CN1CCC2(CC1)CNC2.CN1CCC2(CCCNC2)C1.CN1CCC2(CCNC2)C1. The van der Waals surface area contributed by atoms with Crippen molar-refractivity contribution in [2.24, 2.45) is 21.7 Å². The average Bonchev–Trinajstić information content (AvgIpc) is 3.66. The number of hydrogen-bond donors (Lipinski definition) is 4. The summed E-state index contributed by atoms with van der Waals surface area (Å²) in [7, 11) is 8.91. The minimum absolute atomic E-state index is 0.660. The Balaban J connectivity index is 0.000000110. The number of nitrogens with zero attached hydrogens (tertiary/aromatic N) is 4. The van der Waals surface area contributed by atoms with Crippen LogP contribution in [0.15, 0.2) is 0 Å². The van der Waals surface area contributed by atoms with Crippen molar-refractivity contribution in [3.8, 4) is 0 Å². The summed E-state index contributed by atoms with van der Waals surface area (Å²) in [6.45, 7) is 20.6. The van der Waals surface area contributed by atoms with Crippen molar-refractivity contribution < 1.29 is 0 Å². The van der Waals surface area contributed by atoms with E-state index in [0.29, 0.717) is 10.8 Å². The Morgan fingerprint density at radius 1 is 0.366 bits per heavy atom. The van der Waals surface area contributed by atoms with Crippen molar-refractivity contribution in [1.82, 2.24) is 40.9 Å². The van der Waals surface area contributed by atoms with Crippen LogP contribution in [0, 0.1) is 21.7 Å². The fourth-order valence-corrected chi connectivity index (χ4v) is 9.14. The predicted octanol–water partition coefficient (Wildman–Crippen LogP) is 1.60. The molecule has 8 rings (SSSR count). The highest BCUT2D eigenvalue weighted by Crippen LogP contribution is 2.38. The molecule has 2 unspecified atom stereocenters. The summed E-state index contributed by atoms with van der Waals surface area (Å²) >= 11 is 0. The van der Waals surface area contributed by atoms with Gasteiger partial charge in [0.25, 0.3) is 0 Å². The molecule has 0 aromatic carbocycles. The smallest absolute Gasteiger partial charge is 0.00484 e. The molecule has 0 saturated carbocycles. The molecule has 0 radical (unpaired) electrons. The second kappa shape index (κ2) is 14.2. The van der Waals surface area contributed by atoms with Crippen LogP contribution in [0.3, 0.4) is 0 Å². The van der Waals surface area contributed by atoms with E-state index in [0.717, 1.165) is 10.8 Å². The summed E-state index contributed by atoms with van der Waals surface area (Å²) in [5.74, 6) is 0. The molecule has 8 fully saturated rings. The zero-order valence-electron chi connectivity index (χ0n) is 27.5. The second-order valence-corrected chi connectivity index (χ2v) is 16.0. The third-order valence-electron chi connectivity index (χ3n) is 12.1. The van der Waals surface area contributed by atoms with E-state index in [4.69, 9.17) is 0 Å². The van der Waals surface area contributed by atoms with Crippen molar-refractivity contribution in [3.05, 3.63) is 0 Å². The molecule has 0 aromatic heterocycles. The van der Waals surface area contributed by atoms with Crippen molar-refractivity contribution >= 4 is 0 Å². The number of nitrogens with one attached hydrogen (secondary N) is 4. The predicted molar refractivity (Wildman–Crippen MR) is 173 cm³/mol. The van der Waals surface area contributed by atoms with Crippen LogP contribution < -0.4 is 21.3 Å². The standard InChI is InChI=1S/C9H18N2.3C8H16N2/c1-11-6-4-9(8-11)3-2-5-10-7-9;1-10-4-2-8(3-5-10)6-9-7-8;1-10-5-3-8(7-10)2-4-9-6-8;1-10-6-8(7-10)2-4-9-5-3-8/h10H,2-8H2,1H3;3*9H,2-7H2,1H3. The molecule has 0 aliphatic carbocycles. The fourth-order valence-electron chi connectivity index (χ4n) is 9.14. The summed E-state index contributed by atoms with van der Waals surface area (Å²) in [4.78, 5) is 9.77. The topological polar surface area (TPSA) is 61.1 Å². The van der Waals surface area contributed by atoms with E-state index in [1.165, 1.54) is 163 Å². The summed E-state index contributed by atoms with van der Waals surface area (Å²) in [6.07, 6.45) is 12.7. The van der Waals surface area contributed by atoms with E-state index >= 15 is 0 Å². The van der Waals surface area contributed by atoms with E-state index in [-0.39, 0.29) is 0 Å². The van der Waals surface area contributed by atoms with Gasteiger partial charge in [-0.2, -0.15) is 0 Å². The average molecular weight is 575 g/mol. The van der Waals surface area contributed by atoms with Gasteiger partial charge in [-0.3, -0.25) is 0 Å². The largest absolute Gasteiger partial charge is 0.317 e. The van der Waals surface area contributed by atoms with Gasteiger partial charge in [-0.15, -0.1) is 0 Å². The lowest BCUT2D eigenvalue weighted by molar-refractivity contribution is -0.00368. The zero-order valence-corrected chi connectivity index (χ0v) is 27.5. The molecule has 8 heterocycles.